The van der Waals surface area contributed by atoms with Crippen molar-refractivity contribution in [2.75, 3.05) is 13.2 Å². The van der Waals surface area contributed by atoms with Crippen LogP contribution in [0.2, 0.25) is 0 Å². The maximum absolute atomic E-state index is 11.2. The molecule has 1 aliphatic rings. The SMILES string of the molecule is N#Cc1cc(Br)cc(OCCCc2cccc3c2CCN(C(=O)O)C3)c1. The highest BCUT2D eigenvalue weighted by atomic mass is 79.9. The second kappa shape index (κ2) is 8.24. The van der Waals surface area contributed by atoms with Crippen molar-refractivity contribution in [1.82, 2.24) is 4.90 Å². The van der Waals surface area contributed by atoms with Crippen LogP contribution in [0, 0.1) is 11.3 Å². The van der Waals surface area contributed by atoms with Gasteiger partial charge < -0.3 is 14.7 Å². The van der Waals surface area contributed by atoms with Crippen LogP contribution < -0.4 is 4.74 Å². The lowest BCUT2D eigenvalue weighted by molar-refractivity contribution is 0.140. The number of carbonyl (C=O) groups is 1. The molecular formula is C20H19BrN2O3. The summed E-state index contributed by atoms with van der Waals surface area (Å²) in [7, 11) is 0. The fourth-order valence-electron chi connectivity index (χ4n) is 3.25. The first-order valence-electron chi connectivity index (χ1n) is 8.48. The molecule has 0 aromatic heterocycles. The summed E-state index contributed by atoms with van der Waals surface area (Å²) in [6.45, 7) is 1.57. The summed E-state index contributed by atoms with van der Waals surface area (Å²) >= 11 is 3.38. The number of benzene rings is 2. The van der Waals surface area contributed by atoms with Crippen molar-refractivity contribution in [2.45, 2.75) is 25.8 Å². The van der Waals surface area contributed by atoms with E-state index >= 15 is 0 Å². The van der Waals surface area contributed by atoms with Gasteiger partial charge in [0.05, 0.1) is 18.2 Å². The largest absolute Gasteiger partial charge is 0.493 e. The monoisotopic (exact) mass is 414 g/mol. The van der Waals surface area contributed by atoms with E-state index in [4.69, 9.17) is 15.1 Å². The molecule has 1 heterocycles. The first kappa shape index (κ1) is 18.3. The molecule has 1 aliphatic heterocycles. The Labute approximate surface area is 160 Å². The molecule has 0 spiro atoms. The van der Waals surface area contributed by atoms with Gasteiger partial charge in [0.15, 0.2) is 0 Å². The zero-order valence-electron chi connectivity index (χ0n) is 14.2. The summed E-state index contributed by atoms with van der Waals surface area (Å²) in [5.41, 5.74) is 4.21. The molecule has 1 N–H and O–H groups in total. The van der Waals surface area contributed by atoms with Crippen molar-refractivity contribution >= 4 is 22.0 Å². The Bertz CT molecular complexity index is 861. The Hall–Kier alpha value is -2.52. The van der Waals surface area contributed by atoms with E-state index in [2.05, 4.69) is 28.1 Å². The predicted octanol–water partition coefficient (Wildman–Crippen LogP) is 4.37. The number of rotatable bonds is 5. The van der Waals surface area contributed by atoms with Gasteiger partial charge in [0.2, 0.25) is 0 Å². The van der Waals surface area contributed by atoms with Crippen molar-refractivity contribution in [2.24, 2.45) is 0 Å². The molecule has 0 atom stereocenters. The lowest BCUT2D eigenvalue weighted by atomic mass is 9.92. The average Bonchev–Trinajstić information content (AvgIpc) is 2.64. The zero-order valence-corrected chi connectivity index (χ0v) is 15.8. The van der Waals surface area contributed by atoms with E-state index in [0.717, 1.165) is 29.3 Å². The molecule has 0 bridgehead atoms. The molecule has 134 valence electrons. The van der Waals surface area contributed by atoms with Crippen LogP contribution in [0.1, 0.15) is 28.7 Å². The van der Waals surface area contributed by atoms with E-state index in [1.54, 1.807) is 12.1 Å². The number of hydrogen-bond donors (Lipinski definition) is 1. The first-order chi connectivity index (χ1) is 12.6. The van der Waals surface area contributed by atoms with Gasteiger partial charge in [0.25, 0.3) is 0 Å². The lowest BCUT2D eigenvalue weighted by Gasteiger charge is -2.28. The van der Waals surface area contributed by atoms with E-state index in [1.165, 1.54) is 16.0 Å². The minimum absolute atomic E-state index is 0.462. The Morgan fingerprint density at radius 1 is 1.35 bits per heavy atom. The Morgan fingerprint density at radius 3 is 2.96 bits per heavy atom. The predicted molar refractivity (Wildman–Crippen MR) is 101 cm³/mol. The highest BCUT2D eigenvalue weighted by molar-refractivity contribution is 9.10. The summed E-state index contributed by atoms with van der Waals surface area (Å²) in [4.78, 5) is 12.6. The van der Waals surface area contributed by atoms with Gasteiger partial charge in [-0.3, -0.25) is 0 Å². The minimum atomic E-state index is -0.861. The van der Waals surface area contributed by atoms with Gasteiger partial charge in [-0.05, 0) is 54.2 Å². The standard InChI is InChI=1S/C20H19BrN2O3/c21-17-9-14(12-22)10-18(11-17)26-8-2-5-15-3-1-4-16-13-23(20(24)25)7-6-19(15)16/h1,3-4,9-11H,2,5-8,13H2,(H,24,25). The summed E-state index contributed by atoms with van der Waals surface area (Å²) in [5.74, 6) is 0.683. The van der Waals surface area contributed by atoms with Crippen molar-refractivity contribution in [3.8, 4) is 11.8 Å². The summed E-state index contributed by atoms with van der Waals surface area (Å²) in [5, 5.41) is 18.2. The molecule has 0 saturated carbocycles. The lowest BCUT2D eigenvalue weighted by Crippen LogP contribution is -2.35. The van der Waals surface area contributed by atoms with Gasteiger partial charge in [-0.25, -0.2) is 4.79 Å². The van der Waals surface area contributed by atoms with E-state index in [9.17, 15) is 4.79 Å². The number of carboxylic acid groups (broad SMARTS) is 1. The van der Waals surface area contributed by atoms with Crippen LogP contribution in [0.15, 0.2) is 40.9 Å². The summed E-state index contributed by atoms with van der Waals surface area (Å²) < 4.78 is 6.60. The van der Waals surface area contributed by atoms with Gasteiger partial charge >= 0.3 is 6.09 Å². The van der Waals surface area contributed by atoms with Crippen molar-refractivity contribution in [3.05, 3.63) is 63.1 Å². The molecule has 0 fully saturated rings. The maximum atomic E-state index is 11.2. The molecule has 26 heavy (non-hydrogen) atoms. The quantitative estimate of drug-likeness (QED) is 0.737. The molecule has 0 unspecified atom stereocenters. The molecule has 2 aromatic rings. The second-order valence-electron chi connectivity index (χ2n) is 6.25. The Morgan fingerprint density at radius 2 is 2.19 bits per heavy atom. The fourth-order valence-corrected chi connectivity index (χ4v) is 3.72. The zero-order chi connectivity index (χ0) is 18.5. The number of fused-ring (bicyclic) bond motifs is 1. The summed E-state index contributed by atoms with van der Waals surface area (Å²) in [6.07, 6.45) is 1.64. The summed E-state index contributed by atoms with van der Waals surface area (Å²) in [6, 6.07) is 13.6. The van der Waals surface area contributed by atoms with E-state index < -0.39 is 6.09 Å². The van der Waals surface area contributed by atoms with Crippen LogP contribution in [0.3, 0.4) is 0 Å². The minimum Gasteiger partial charge on any atom is -0.493 e. The molecule has 2 aromatic carbocycles. The number of nitrogens with zero attached hydrogens (tertiary/aromatic N) is 2. The molecule has 0 aliphatic carbocycles. The third-order valence-electron chi connectivity index (χ3n) is 4.49. The fraction of sp³-hybridized carbons (Fsp3) is 0.300. The third kappa shape index (κ3) is 4.36. The molecule has 0 saturated heterocycles. The number of aryl methyl sites for hydroxylation is 1. The van der Waals surface area contributed by atoms with Crippen molar-refractivity contribution in [1.29, 1.82) is 5.26 Å². The Kier molecular flexibility index (Phi) is 5.79. The van der Waals surface area contributed by atoms with Crippen LogP contribution in [0.25, 0.3) is 0 Å². The van der Waals surface area contributed by atoms with Crippen molar-refractivity contribution < 1.29 is 14.6 Å². The smallest absolute Gasteiger partial charge is 0.407 e. The topological polar surface area (TPSA) is 73.6 Å². The van der Waals surface area contributed by atoms with Gasteiger partial charge in [0.1, 0.15) is 5.75 Å². The molecule has 6 heteroatoms. The second-order valence-corrected chi connectivity index (χ2v) is 7.16. The van der Waals surface area contributed by atoms with E-state index in [1.807, 2.05) is 18.2 Å². The van der Waals surface area contributed by atoms with Crippen LogP contribution >= 0.6 is 15.9 Å². The molecule has 3 rings (SSSR count). The third-order valence-corrected chi connectivity index (χ3v) is 4.95. The molecule has 0 radical (unpaired) electrons. The number of ether oxygens (including phenoxy) is 1. The average molecular weight is 415 g/mol. The molecule has 1 amide bonds. The molecule has 5 nitrogen and oxygen atoms in total. The number of hydrogen-bond acceptors (Lipinski definition) is 3. The number of amides is 1. The van der Waals surface area contributed by atoms with Crippen LogP contribution in [-0.2, 0) is 19.4 Å². The number of halogens is 1. The van der Waals surface area contributed by atoms with Gasteiger partial charge in [-0.15, -0.1) is 0 Å². The highest BCUT2D eigenvalue weighted by Gasteiger charge is 2.21. The number of nitriles is 1. The van der Waals surface area contributed by atoms with Crippen LogP contribution in [0.5, 0.6) is 5.75 Å². The van der Waals surface area contributed by atoms with Crippen LogP contribution in [-0.4, -0.2) is 29.3 Å². The maximum Gasteiger partial charge on any atom is 0.407 e. The van der Waals surface area contributed by atoms with Gasteiger partial charge in [-0.1, -0.05) is 34.1 Å². The molecular weight excluding hydrogens is 396 g/mol. The van der Waals surface area contributed by atoms with Gasteiger partial charge in [0, 0.05) is 17.6 Å². The highest BCUT2D eigenvalue weighted by Crippen LogP contribution is 2.24. The van der Waals surface area contributed by atoms with Crippen molar-refractivity contribution in [3.63, 3.8) is 0 Å². The van der Waals surface area contributed by atoms with Gasteiger partial charge in [-0.2, -0.15) is 5.26 Å². The van der Waals surface area contributed by atoms with E-state index in [0.29, 0.717) is 31.0 Å². The normalized spacial score (nSPS) is 13.0. The Balaban J connectivity index is 1.58. The van der Waals surface area contributed by atoms with E-state index in [-0.39, 0.29) is 0 Å². The van der Waals surface area contributed by atoms with Crippen LogP contribution in [0.4, 0.5) is 4.79 Å². The first-order valence-corrected chi connectivity index (χ1v) is 9.27.